The summed E-state index contributed by atoms with van der Waals surface area (Å²) in [6.07, 6.45) is 1.64. The van der Waals surface area contributed by atoms with Gasteiger partial charge in [-0.2, -0.15) is 5.10 Å². The summed E-state index contributed by atoms with van der Waals surface area (Å²) in [5.41, 5.74) is 2.78. The van der Waals surface area contributed by atoms with Crippen molar-refractivity contribution in [3.8, 4) is 5.75 Å². The van der Waals surface area contributed by atoms with Crippen LogP contribution in [0.4, 0.5) is 4.39 Å². The molecule has 3 aromatic rings. The van der Waals surface area contributed by atoms with Gasteiger partial charge in [0.1, 0.15) is 17.2 Å². The second-order valence-electron chi connectivity index (χ2n) is 7.56. The van der Waals surface area contributed by atoms with Gasteiger partial charge in [-0.1, -0.05) is 6.07 Å². The van der Waals surface area contributed by atoms with Crippen molar-refractivity contribution in [1.29, 1.82) is 0 Å². The standard InChI is InChI=1S/C21H24ClFN2O/c1-21(2,3)26-20-10-14(9-15-11-16(23)6-8-19(15)20)5-7-18-12-17(13-22)24-25(18)4/h6,8-12H,5,7,13H2,1-4H3. The van der Waals surface area contributed by atoms with Crippen molar-refractivity contribution in [2.24, 2.45) is 7.05 Å². The minimum absolute atomic E-state index is 0.241. The molecule has 0 aliphatic heterocycles. The highest BCUT2D eigenvalue weighted by Crippen LogP contribution is 2.31. The van der Waals surface area contributed by atoms with Gasteiger partial charge in [0.2, 0.25) is 0 Å². The van der Waals surface area contributed by atoms with Crippen LogP contribution in [0, 0.1) is 5.82 Å². The lowest BCUT2D eigenvalue weighted by Crippen LogP contribution is -2.23. The highest BCUT2D eigenvalue weighted by atomic mass is 35.5. The van der Waals surface area contributed by atoms with E-state index in [1.807, 2.05) is 44.6 Å². The molecule has 3 nitrogen and oxygen atoms in total. The molecule has 0 saturated carbocycles. The van der Waals surface area contributed by atoms with Crippen LogP contribution in [-0.4, -0.2) is 15.4 Å². The van der Waals surface area contributed by atoms with Gasteiger partial charge in [-0.25, -0.2) is 4.39 Å². The molecule has 1 heterocycles. The first-order valence-corrected chi connectivity index (χ1v) is 9.27. The molecule has 0 radical (unpaired) electrons. The predicted molar refractivity (Wildman–Crippen MR) is 104 cm³/mol. The maximum atomic E-state index is 13.7. The van der Waals surface area contributed by atoms with Crippen LogP contribution in [0.2, 0.25) is 0 Å². The van der Waals surface area contributed by atoms with E-state index in [0.29, 0.717) is 5.88 Å². The lowest BCUT2D eigenvalue weighted by atomic mass is 10.0. The van der Waals surface area contributed by atoms with Gasteiger partial charge in [0.05, 0.1) is 11.6 Å². The number of hydrogen-bond donors (Lipinski definition) is 0. The zero-order valence-corrected chi connectivity index (χ0v) is 16.4. The Morgan fingerprint density at radius 3 is 2.54 bits per heavy atom. The van der Waals surface area contributed by atoms with Crippen molar-refractivity contribution >= 4 is 22.4 Å². The van der Waals surface area contributed by atoms with E-state index < -0.39 is 0 Å². The van der Waals surface area contributed by atoms with E-state index in [9.17, 15) is 4.39 Å². The first kappa shape index (κ1) is 18.7. The molecule has 0 unspecified atom stereocenters. The highest BCUT2D eigenvalue weighted by molar-refractivity contribution is 6.16. The van der Waals surface area contributed by atoms with E-state index in [1.165, 1.54) is 6.07 Å². The Hall–Kier alpha value is -2.07. The number of alkyl halides is 1. The minimum atomic E-state index is -0.322. The third-order valence-electron chi connectivity index (χ3n) is 4.19. The third-order valence-corrected chi connectivity index (χ3v) is 4.46. The second kappa shape index (κ2) is 7.28. The molecule has 0 aliphatic rings. The van der Waals surface area contributed by atoms with Crippen molar-refractivity contribution < 1.29 is 9.13 Å². The molecule has 0 spiro atoms. The molecular weight excluding hydrogens is 351 g/mol. The van der Waals surface area contributed by atoms with Gasteiger partial charge < -0.3 is 4.74 Å². The average Bonchev–Trinajstić information content (AvgIpc) is 2.91. The molecule has 0 N–H and O–H groups in total. The summed E-state index contributed by atoms with van der Waals surface area (Å²) in [7, 11) is 1.93. The summed E-state index contributed by atoms with van der Waals surface area (Å²) in [5.74, 6) is 0.957. The van der Waals surface area contributed by atoms with E-state index in [4.69, 9.17) is 16.3 Å². The number of hydrogen-bond acceptors (Lipinski definition) is 2. The van der Waals surface area contributed by atoms with Crippen LogP contribution in [0.1, 0.15) is 37.7 Å². The van der Waals surface area contributed by atoms with Crippen molar-refractivity contribution in [2.75, 3.05) is 0 Å². The average molecular weight is 375 g/mol. The molecule has 0 atom stereocenters. The van der Waals surface area contributed by atoms with E-state index in [-0.39, 0.29) is 11.4 Å². The molecule has 0 aliphatic carbocycles. The monoisotopic (exact) mass is 374 g/mol. The normalized spacial score (nSPS) is 11.9. The lowest BCUT2D eigenvalue weighted by Gasteiger charge is -2.23. The number of benzene rings is 2. The van der Waals surface area contributed by atoms with Gasteiger partial charge >= 0.3 is 0 Å². The largest absolute Gasteiger partial charge is 0.488 e. The summed E-state index contributed by atoms with van der Waals surface area (Å²) in [6.45, 7) is 6.04. The van der Waals surface area contributed by atoms with Gasteiger partial charge in [-0.3, -0.25) is 4.68 Å². The molecule has 138 valence electrons. The van der Waals surface area contributed by atoms with Crippen molar-refractivity contribution in [2.45, 2.75) is 45.1 Å². The number of aryl methyl sites for hydroxylation is 3. The first-order valence-electron chi connectivity index (χ1n) is 8.74. The summed E-state index contributed by atoms with van der Waals surface area (Å²) >= 11 is 5.86. The fourth-order valence-electron chi connectivity index (χ4n) is 3.07. The fourth-order valence-corrected chi connectivity index (χ4v) is 3.20. The lowest BCUT2D eigenvalue weighted by molar-refractivity contribution is 0.133. The summed E-state index contributed by atoms with van der Waals surface area (Å²) in [5, 5.41) is 6.16. The molecule has 3 rings (SSSR count). The molecule has 0 amide bonds. The zero-order chi connectivity index (χ0) is 18.9. The van der Waals surface area contributed by atoms with Gasteiger partial charge in [0.15, 0.2) is 0 Å². The Morgan fingerprint density at radius 2 is 1.88 bits per heavy atom. The number of nitrogens with zero attached hydrogens (tertiary/aromatic N) is 2. The maximum absolute atomic E-state index is 13.7. The van der Waals surface area contributed by atoms with Crippen molar-refractivity contribution in [3.63, 3.8) is 0 Å². The molecule has 5 heteroatoms. The molecule has 0 saturated heterocycles. The fraction of sp³-hybridized carbons (Fsp3) is 0.381. The molecule has 26 heavy (non-hydrogen) atoms. The zero-order valence-electron chi connectivity index (χ0n) is 15.6. The minimum Gasteiger partial charge on any atom is -0.488 e. The Morgan fingerprint density at radius 1 is 1.12 bits per heavy atom. The number of rotatable bonds is 5. The van der Waals surface area contributed by atoms with Crippen LogP contribution in [0.15, 0.2) is 36.4 Å². The summed E-state index contributed by atoms with van der Waals surface area (Å²) in [6, 6.07) is 10.9. The third kappa shape index (κ3) is 4.36. The number of ether oxygens (including phenoxy) is 1. The summed E-state index contributed by atoms with van der Waals surface area (Å²) < 4.78 is 21.7. The van der Waals surface area contributed by atoms with Gasteiger partial charge in [0, 0.05) is 18.1 Å². The Bertz CT molecular complexity index is 928. The molecule has 0 fully saturated rings. The van der Waals surface area contributed by atoms with Crippen LogP contribution < -0.4 is 4.74 Å². The van der Waals surface area contributed by atoms with Crippen molar-refractivity contribution in [1.82, 2.24) is 9.78 Å². The predicted octanol–water partition coefficient (Wildman–Crippen LogP) is 5.41. The SMILES string of the molecule is Cn1nc(CCl)cc1CCc1cc(OC(C)(C)C)c2ccc(F)cc2c1. The summed E-state index contributed by atoms with van der Waals surface area (Å²) in [4.78, 5) is 0. The Kier molecular flexibility index (Phi) is 5.24. The Balaban J connectivity index is 1.93. The Labute approximate surface area is 158 Å². The first-order chi connectivity index (χ1) is 12.2. The maximum Gasteiger partial charge on any atom is 0.128 e. The molecule has 1 aromatic heterocycles. The van der Waals surface area contributed by atoms with Crippen LogP contribution >= 0.6 is 11.6 Å². The quantitative estimate of drug-likeness (QED) is 0.558. The van der Waals surface area contributed by atoms with Gasteiger partial charge in [-0.15, -0.1) is 11.6 Å². The van der Waals surface area contributed by atoms with Crippen LogP contribution in [0.25, 0.3) is 10.8 Å². The second-order valence-corrected chi connectivity index (χ2v) is 7.83. The van der Waals surface area contributed by atoms with Crippen LogP contribution in [0.3, 0.4) is 0 Å². The molecular formula is C21H24ClFN2O. The van der Waals surface area contributed by atoms with Gasteiger partial charge in [0.25, 0.3) is 0 Å². The van der Waals surface area contributed by atoms with E-state index >= 15 is 0 Å². The number of fused-ring (bicyclic) bond motifs is 1. The van der Waals surface area contributed by atoms with Crippen LogP contribution in [0.5, 0.6) is 5.75 Å². The number of halogens is 2. The topological polar surface area (TPSA) is 27.1 Å². The molecule has 0 bridgehead atoms. The van der Waals surface area contributed by atoms with Crippen molar-refractivity contribution in [3.05, 3.63) is 59.2 Å². The smallest absolute Gasteiger partial charge is 0.128 e. The van der Waals surface area contributed by atoms with Crippen LogP contribution in [-0.2, 0) is 25.8 Å². The van der Waals surface area contributed by atoms with E-state index in [1.54, 1.807) is 12.1 Å². The van der Waals surface area contributed by atoms with Gasteiger partial charge in [-0.05, 0) is 74.9 Å². The molecule has 2 aromatic carbocycles. The highest BCUT2D eigenvalue weighted by Gasteiger charge is 2.15. The number of aromatic nitrogens is 2. The van der Waals surface area contributed by atoms with E-state index in [2.05, 4.69) is 11.2 Å². The van der Waals surface area contributed by atoms with E-state index in [0.717, 1.165) is 46.3 Å².